The van der Waals surface area contributed by atoms with Crippen LogP contribution in [0.15, 0.2) is 23.5 Å². The second-order valence-electron chi connectivity index (χ2n) is 5.86. The Morgan fingerprint density at radius 2 is 2.09 bits per heavy atom. The van der Waals surface area contributed by atoms with Crippen LogP contribution in [0.3, 0.4) is 0 Å². The number of rotatable bonds is 7. The molecule has 132 valence electrons. The highest BCUT2D eigenvalue weighted by molar-refractivity contribution is 5.96. The number of carbonyl (C=O) groups excluding carboxylic acids is 1. The number of Topliss-reactive ketones (excluding diaryl/α,β-unsaturated/α-hetero) is 1. The Balaban J connectivity index is 2.88. The Morgan fingerprint density at radius 3 is 2.57 bits per heavy atom. The third-order valence-electron chi connectivity index (χ3n) is 4.03. The van der Waals surface area contributed by atoms with Crippen LogP contribution in [0.5, 0.6) is 0 Å². The number of nitrogens with two attached hydrogens (primary N) is 1. The van der Waals surface area contributed by atoms with E-state index in [1.54, 1.807) is 13.8 Å². The van der Waals surface area contributed by atoms with E-state index < -0.39 is 30.6 Å². The fraction of sp³-hybridized carbons (Fsp3) is 0.688. The van der Waals surface area contributed by atoms with Crippen LogP contribution in [0.1, 0.15) is 33.6 Å². The molecule has 1 aliphatic rings. The van der Waals surface area contributed by atoms with E-state index in [4.69, 9.17) is 15.2 Å². The van der Waals surface area contributed by atoms with Gasteiger partial charge in [-0.1, -0.05) is 6.58 Å². The topological polar surface area (TPSA) is 122 Å². The SMILES string of the molecule is C=C(C(C)=O)/C(O)=C(\C)C(CCO)OC1CC(N)C(O)C(C)O1. The molecule has 0 aromatic carbocycles. The van der Waals surface area contributed by atoms with Gasteiger partial charge in [-0.2, -0.15) is 0 Å². The van der Waals surface area contributed by atoms with Gasteiger partial charge in [-0.05, 0) is 26.3 Å². The maximum Gasteiger partial charge on any atom is 0.162 e. The summed E-state index contributed by atoms with van der Waals surface area (Å²) < 4.78 is 11.3. The van der Waals surface area contributed by atoms with Gasteiger partial charge in [0.15, 0.2) is 12.1 Å². The molecule has 1 rings (SSSR count). The standard InChI is InChI=1S/C16H27NO6/c1-8(10(3)19)15(20)9(2)13(5-6-18)23-14-7-12(17)16(21)11(4)22-14/h11-14,16,18,20-21H,1,5-7,17H2,2-4H3/b15-9-. The summed E-state index contributed by atoms with van der Waals surface area (Å²) in [6, 6.07) is -0.483. The smallest absolute Gasteiger partial charge is 0.162 e. The lowest BCUT2D eigenvalue weighted by Crippen LogP contribution is -2.52. The molecule has 0 aliphatic carbocycles. The Morgan fingerprint density at radius 1 is 1.48 bits per heavy atom. The molecule has 0 aromatic heterocycles. The van der Waals surface area contributed by atoms with Gasteiger partial charge in [0.1, 0.15) is 5.76 Å². The summed E-state index contributed by atoms with van der Waals surface area (Å²) in [5.41, 5.74) is 6.22. The highest BCUT2D eigenvalue weighted by atomic mass is 16.7. The Hall–Kier alpha value is -1.25. The Labute approximate surface area is 136 Å². The second-order valence-corrected chi connectivity index (χ2v) is 5.86. The molecule has 1 aliphatic heterocycles. The summed E-state index contributed by atoms with van der Waals surface area (Å²) in [5, 5.41) is 29.1. The lowest BCUT2D eigenvalue weighted by atomic mass is 9.99. The van der Waals surface area contributed by atoms with E-state index in [2.05, 4.69) is 6.58 Å². The van der Waals surface area contributed by atoms with Crippen LogP contribution in [0.4, 0.5) is 0 Å². The predicted octanol–water partition coefficient (Wildman–Crippen LogP) is 0.554. The van der Waals surface area contributed by atoms with Gasteiger partial charge in [0.2, 0.25) is 0 Å². The highest BCUT2D eigenvalue weighted by Crippen LogP contribution is 2.25. The Bertz CT molecular complexity index is 463. The van der Waals surface area contributed by atoms with Crippen molar-refractivity contribution in [2.24, 2.45) is 5.73 Å². The number of allylic oxidation sites excluding steroid dienone is 1. The van der Waals surface area contributed by atoms with Crippen LogP contribution in [0, 0.1) is 0 Å². The molecule has 7 nitrogen and oxygen atoms in total. The number of ether oxygens (including phenoxy) is 2. The number of aliphatic hydroxyl groups excluding tert-OH is 3. The van der Waals surface area contributed by atoms with Crippen LogP contribution >= 0.6 is 0 Å². The molecule has 0 spiro atoms. The zero-order valence-corrected chi connectivity index (χ0v) is 13.9. The first-order valence-electron chi connectivity index (χ1n) is 7.64. The molecule has 5 atom stereocenters. The summed E-state index contributed by atoms with van der Waals surface area (Å²) >= 11 is 0. The van der Waals surface area contributed by atoms with E-state index in [0.717, 1.165) is 0 Å². The summed E-state index contributed by atoms with van der Waals surface area (Å²) in [6.07, 6.45) is -2.08. The van der Waals surface area contributed by atoms with Crippen LogP contribution in [-0.4, -0.2) is 58.4 Å². The van der Waals surface area contributed by atoms with Crippen LogP contribution < -0.4 is 5.73 Å². The zero-order chi connectivity index (χ0) is 17.7. The van der Waals surface area contributed by atoms with Gasteiger partial charge >= 0.3 is 0 Å². The highest BCUT2D eigenvalue weighted by Gasteiger charge is 2.35. The number of aliphatic hydroxyl groups is 3. The quantitative estimate of drug-likeness (QED) is 0.306. The van der Waals surface area contributed by atoms with Gasteiger partial charge in [-0.15, -0.1) is 0 Å². The lowest BCUT2D eigenvalue weighted by Gasteiger charge is -2.37. The summed E-state index contributed by atoms with van der Waals surface area (Å²) in [4.78, 5) is 11.3. The molecule has 0 amide bonds. The summed E-state index contributed by atoms with van der Waals surface area (Å²) in [7, 11) is 0. The van der Waals surface area contributed by atoms with E-state index >= 15 is 0 Å². The van der Waals surface area contributed by atoms with Crippen LogP contribution in [-0.2, 0) is 14.3 Å². The molecule has 1 heterocycles. The third kappa shape index (κ3) is 5.12. The van der Waals surface area contributed by atoms with Crippen molar-refractivity contribution in [3.63, 3.8) is 0 Å². The lowest BCUT2D eigenvalue weighted by molar-refractivity contribution is -0.235. The fourth-order valence-corrected chi connectivity index (χ4v) is 2.42. The molecule has 7 heteroatoms. The van der Waals surface area contributed by atoms with Crippen molar-refractivity contribution >= 4 is 5.78 Å². The fourth-order valence-electron chi connectivity index (χ4n) is 2.42. The van der Waals surface area contributed by atoms with Crippen LogP contribution in [0.25, 0.3) is 0 Å². The molecule has 5 N–H and O–H groups in total. The maximum atomic E-state index is 11.3. The minimum Gasteiger partial charge on any atom is -0.507 e. The predicted molar refractivity (Wildman–Crippen MR) is 84.7 cm³/mol. The molecule has 0 aromatic rings. The van der Waals surface area contributed by atoms with E-state index in [1.807, 2.05) is 0 Å². The van der Waals surface area contributed by atoms with Crippen molar-refractivity contribution in [3.8, 4) is 0 Å². The molecule has 5 unspecified atom stereocenters. The van der Waals surface area contributed by atoms with E-state index in [0.29, 0.717) is 5.57 Å². The van der Waals surface area contributed by atoms with Gasteiger partial charge in [-0.3, -0.25) is 4.79 Å². The number of hydrogen-bond donors (Lipinski definition) is 4. The van der Waals surface area contributed by atoms with Gasteiger partial charge in [-0.25, -0.2) is 0 Å². The third-order valence-corrected chi connectivity index (χ3v) is 4.03. The van der Waals surface area contributed by atoms with Crippen molar-refractivity contribution in [2.75, 3.05) is 6.61 Å². The Kier molecular flexibility index (Phi) is 7.37. The largest absolute Gasteiger partial charge is 0.507 e. The molecule has 0 radical (unpaired) electrons. The molecule has 23 heavy (non-hydrogen) atoms. The maximum absolute atomic E-state index is 11.3. The molecule has 0 saturated carbocycles. The van der Waals surface area contributed by atoms with Crippen molar-refractivity contribution in [3.05, 3.63) is 23.5 Å². The zero-order valence-electron chi connectivity index (χ0n) is 13.9. The number of hydrogen-bond acceptors (Lipinski definition) is 7. The van der Waals surface area contributed by atoms with Gasteiger partial charge in [0.25, 0.3) is 0 Å². The molecule has 1 fully saturated rings. The summed E-state index contributed by atoms with van der Waals surface area (Å²) in [5.74, 6) is -0.596. The first-order chi connectivity index (χ1) is 10.7. The number of ketones is 1. The molecular weight excluding hydrogens is 302 g/mol. The van der Waals surface area contributed by atoms with Crippen molar-refractivity contribution in [1.29, 1.82) is 0 Å². The van der Waals surface area contributed by atoms with Gasteiger partial charge in [0.05, 0.1) is 23.9 Å². The summed E-state index contributed by atoms with van der Waals surface area (Å²) in [6.45, 7) is 7.97. The molecular formula is C16H27NO6. The minimum atomic E-state index is -0.770. The first kappa shape index (κ1) is 19.8. The second kappa shape index (κ2) is 8.56. The van der Waals surface area contributed by atoms with E-state index in [-0.39, 0.29) is 36.6 Å². The van der Waals surface area contributed by atoms with Crippen molar-refractivity contribution in [2.45, 2.75) is 64.3 Å². The molecule has 1 saturated heterocycles. The molecule has 0 bridgehead atoms. The first-order valence-corrected chi connectivity index (χ1v) is 7.64. The minimum absolute atomic E-state index is 0.0147. The van der Waals surface area contributed by atoms with Gasteiger partial charge < -0.3 is 30.5 Å². The monoisotopic (exact) mass is 329 g/mol. The van der Waals surface area contributed by atoms with Crippen LogP contribution in [0.2, 0.25) is 0 Å². The van der Waals surface area contributed by atoms with E-state index in [9.17, 15) is 20.1 Å². The van der Waals surface area contributed by atoms with Gasteiger partial charge in [0, 0.05) is 25.5 Å². The van der Waals surface area contributed by atoms with E-state index in [1.165, 1.54) is 6.92 Å². The van der Waals surface area contributed by atoms with Crippen molar-refractivity contribution in [1.82, 2.24) is 0 Å². The average Bonchev–Trinajstić information content (AvgIpc) is 2.49. The van der Waals surface area contributed by atoms with Crippen molar-refractivity contribution < 1.29 is 29.6 Å². The number of carbonyl (C=O) groups is 1. The average molecular weight is 329 g/mol. The normalized spacial score (nSPS) is 30.5.